The van der Waals surface area contributed by atoms with Crippen molar-refractivity contribution in [3.8, 4) is 11.3 Å². The molecule has 0 aliphatic rings. The predicted molar refractivity (Wildman–Crippen MR) is 118 cm³/mol. The molecule has 164 valence electrons. The molecule has 0 aliphatic heterocycles. The fourth-order valence-electron chi connectivity index (χ4n) is 3.69. The smallest absolute Gasteiger partial charge is 0.330 e. The molecule has 4 N–H and O–H groups in total. The number of carbonyl (C=O) groups excluding carboxylic acids is 1. The number of benzene rings is 3. The van der Waals surface area contributed by atoms with Crippen LogP contribution in [-0.4, -0.2) is 22.6 Å². The van der Waals surface area contributed by atoms with Crippen LogP contribution in [0.3, 0.4) is 0 Å². The van der Waals surface area contributed by atoms with Crippen molar-refractivity contribution < 1.29 is 18.0 Å². The number of aromatic nitrogens is 2. The molecular formula is C24H21F3N4O. The second-order valence-electron chi connectivity index (χ2n) is 7.44. The fraction of sp³-hybridized carbons (Fsp3) is 0.167. The van der Waals surface area contributed by atoms with Gasteiger partial charge in [0.15, 0.2) is 0 Å². The monoisotopic (exact) mass is 438 g/mol. The first-order chi connectivity index (χ1) is 15.4. The number of anilines is 1. The molecule has 1 aromatic heterocycles. The average molecular weight is 438 g/mol. The average Bonchev–Trinajstić information content (AvgIpc) is 3.21. The van der Waals surface area contributed by atoms with Gasteiger partial charge in [0.2, 0.25) is 5.91 Å². The van der Waals surface area contributed by atoms with E-state index < -0.39 is 17.7 Å². The molecule has 1 amide bonds. The van der Waals surface area contributed by atoms with Gasteiger partial charge in [-0.25, -0.2) is 0 Å². The van der Waals surface area contributed by atoms with Gasteiger partial charge in [0.1, 0.15) is 0 Å². The molecule has 0 bridgehead atoms. The summed E-state index contributed by atoms with van der Waals surface area (Å²) < 4.78 is 39.4. The number of carbonyl (C=O) groups is 1. The lowest BCUT2D eigenvalue weighted by atomic mass is 9.94. The Morgan fingerprint density at radius 1 is 1.03 bits per heavy atom. The molecule has 1 unspecified atom stereocenters. The standard InChI is InChI=1S/C24H21F3N4O/c25-24(26,27)17-8-4-7-16(13-17)22-20-14-18(9-10-21(20)30-31-22)29-23(32)19(11-12-28)15-5-2-1-3-6-15/h1-10,13-14,19H,11-12,28H2,(H,29,32)(H,30,31). The highest BCUT2D eigenvalue weighted by Gasteiger charge is 2.30. The minimum Gasteiger partial charge on any atom is -0.330 e. The SMILES string of the molecule is NCCC(C(=O)Nc1ccc2[nH]nc(-c3cccc(C(F)(F)F)c3)c2c1)c1ccccc1. The maximum Gasteiger partial charge on any atom is 0.416 e. The van der Waals surface area contributed by atoms with Gasteiger partial charge in [0, 0.05) is 16.6 Å². The first kappa shape index (κ1) is 21.6. The zero-order chi connectivity index (χ0) is 22.7. The maximum absolute atomic E-state index is 13.1. The topological polar surface area (TPSA) is 83.8 Å². The first-order valence-corrected chi connectivity index (χ1v) is 10.1. The normalized spacial score (nSPS) is 12.6. The molecule has 5 nitrogen and oxygen atoms in total. The van der Waals surface area contributed by atoms with E-state index in [1.54, 1.807) is 24.3 Å². The summed E-state index contributed by atoms with van der Waals surface area (Å²) in [6.45, 7) is 0.355. The number of amides is 1. The molecule has 32 heavy (non-hydrogen) atoms. The molecule has 0 aliphatic carbocycles. The van der Waals surface area contributed by atoms with Crippen LogP contribution in [0.4, 0.5) is 18.9 Å². The number of nitrogens with two attached hydrogens (primary N) is 1. The highest BCUT2D eigenvalue weighted by atomic mass is 19.4. The quantitative estimate of drug-likeness (QED) is 0.381. The largest absolute Gasteiger partial charge is 0.416 e. The zero-order valence-electron chi connectivity index (χ0n) is 17.0. The van der Waals surface area contributed by atoms with Gasteiger partial charge in [-0.15, -0.1) is 0 Å². The third-order valence-corrected chi connectivity index (χ3v) is 5.27. The number of hydrogen-bond donors (Lipinski definition) is 3. The number of hydrogen-bond acceptors (Lipinski definition) is 3. The van der Waals surface area contributed by atoms with Gasteiger partial charge in [0.25, 0.3) is 0 Å². The number of alkyl halides is 3. The van der Waals surface area contributed by atoms with Crippen molar-refractivity contribution in [1.82, 2.24) is 10.2 Å². The van der Waals surface area contributed by atoms with Crippen LogP contribution in [0.25, 0.3) is 22.2 Å². The highest BCUT2D eigenvalue weighted by Crippen LogP contribution is 2.34. The van der Waals surface area contributed by atoms with Gasteiger partial charge in [0.05, 0.1) is 22.7 Å². The summed E-state index contributed by atoms with van der Waals surface area (Å²) in [5.41, 5.74) is 7.72. The Morgan fingerprint density at radius 2 is 1.81 bits per heavy atom. The molecule has 0 saturated carbocycles. The molecule has 3 aromatic carbocycles. The molecule has 4 aromatic rings. The van der Waals surface area contributed by atoms with Crippen molar-refractivity contribution in [2.45, 2.75) is 18.5 Å². The van der Waals surface area contributed by atoms with Crippen LogP contribution in [0.2, 0.25) is 0 Å². The first-order valence-electron chi connectivity index (χ1n) is 10.1. The van der Waals surface area contributed by atoms with E-state index in [1.165, 1.54) is 6.07 Å². The van der Waals surface area contributed by atoms with Crippen molar-refractivity contribution >= 4 is 22.5 Å². The van der Waals surface area contributed by atoms with Crippen LogP contribution in [0.15, 0.2) is 72.8 Å². The minimum absolute atomic E-state index is 0.204. The molecule has 0 radical (unpaired) electrons. The summed E-state index contributed by atoms with van der Waals surface area (Å²) in [7, 11) is 0. The molecule has 1 heterocycles. The molecule has 0 spiro atoms. The molecule has 4 rings (SSSR count). The van der Waals surface area contributed by atoms with E-state index in [2.05, 4.69) is 15.5 Å². The van der Waals surface area contributed by atoms with E-state index in [0.717, 1.165) is 17.7 Å². The van der Waals surface area contributed by atoms with Gasteiger partial charge in [-0.05, 0) is 48.9 Å². The summed E-state index contributed by atoms with van der Waals surface area (Å²) >= 11 is 0. The van der Waals surface area contributed by atoms with Gasteiger partial charge < -0.3 is 11.1 Å². The van der Waals surface area contributed by atoms with E-state index in [9.17, 15) is 18.0 Å². The zero-order valence-corrected chi connectivity index (χ0v) is 17.0. The Labute approximate surface area is 182 Å². The van der Waals surface area contributed by atoms with Gasteiger partial charge in [-0.3, -0.25) is 9.89 Å². The number of H-pyrrole nitrogens is 1. The second kappa shape index (κ2) is 8.84. The highest BCUT2D eigenvalue weighted by molar-refractivity contribution is 6.00. The van der Waals surface area contributed by atoms with E-state index in [0.29, 0.717) is 40.8 Å². The van der Waals surface area contributed by atoms with E-state index in [-0.39, 0.29) is 5.91 Å². The molecule has 0 saturated heterocycles. The predicted octanol–water partition coefficient (Wildman–Crippen LogP) is 5.32. The number of aromatic amines is 1. The Kier molecular flexibility index (Phi) is 5.96. The lowest BCUT2D eigenvalue weighted by molar-refractivity contribution is -0.137. The molecule has 1 atom stereocenters. The molecule has 8 heteroatoms. The summed E-state index contributed by atoms with van der Waals surface area (Å²) in [5.74, 6) is -0.616. The van der Waals surface area contributed by atoms with Crippen LogP contribution in [0.5, 0.6) is 0 Å². The number of halogens is 3. The summed E-state index contributed by atoms with van der Waals surface area (Å²) in [5, 5.41) is 10.5. The number of rotatable bonds is 6. The second-order valence-corrected chi connectivity index (χ2v) is 7.44. The van der Waals surface area contributed by atoms with Crippen molar-refractivity contribution in [3.05, 3.63) is 83.9 Å². The van der Waals surface area contributed by atoms with Gasteiger partial charge >= 0.3 is 6.18 Å². The molecule has 0 fully saturated rings. The van der Waals surface area contributed by atoms with Gasteiger partial charge in [-0.1, -0.05) is 42.5 Å². The van der Waals surface area contributed by atoms with Crippen molar-refractivity contribution in [1.29, 1.82) is 0 Å². The lowest BCUT2D eigenvalue weighted by Gasteiger charge is -2.16. The molecular weight excluding hydrogens is 417 g/mol. The van der Waals surface area contributed by atoms with E-state index in [1.807, 2.05) is 30.3 Å². The lowest BCUT2D eigenvalue weighted by Crippen LogP contribution is -2.23. The Bertz CT molecular complexity index is 1230. The van der Waals surface area contributed by atoms with E-state index in [4.69, 9.17) is 5.73 Å². The minimum atomic E-state index is -4.45. The number of nitrogens with zero attached hydrogens (tertiary/aromatic N) is 1. The summed E-state index contributed by atoms with van der Waals surface area (Å²) in [6.07, 6.45) is -3.96. The van der Waals surface area contributed by atoms with Crippen molar-refractivity contribution in [2.24, 2.45) is 5.73 Å². The Balaban J connectivity index is 1.65. The van der Waals surface area contributed by atoms with Crippen molar-refractivity contribution in [3.63, 3.8) is 0 Å². The third kappa shape index (κ3) is 4.50. The van der Waals surface area contributed by atoms with Crippen LogP contribution in [0.1, 0.15) is 23.5 Å². The summed E-state index contributed by atoms with van der Waals surface area (Å²) in [6, 6.07) is 19.5. The van der Waals surface area contributed by atoms with Crippen LogP contribution in [-0.2, 0) is 11.0 Å². The maximum atomic E-state index is 13.1. The number of fused-ring (bicyclic) bond motifs is 1. The van der Waals surface area contributed by atoms with Gasteiger partial charge in [-0.2, -0.15) is 18.3 Å². The Morgan fingerprint density at radius 3 is 2.53 bits per heavy atom. The van der Waals surface area contributed by atoms with Crippen LogP contribution < -0.4 is 11.1 Å². The van der Waals surface area contributed by atoms with E-state index >= 15 is 0 Å². The fourth-order valence-corrected chi connectivity index (χ4v) is 3.69. The third-order valence-electron chi connectivity index (χ3n) is 5.27. The number of nitrogens with one attached hydrogen (secondary N) is 2. The summed E-state index contributed by atoms with van der Waals surface area (Å²) in [4.78, 5) is 13.0. The van der Waals surface area contributed by atoms with Crippen LogP contribution in [0, 0.1) is 0 Å². The Hall–Kier alpha value is -3.65. The van der Waals surface area contributed by atoms with Crippen LogP contribution >= 0.6 is 0 Å². The van der Waals surface area contributed by atoms with Crippen molar-refractivity contribution in [2.75, 3.05) is 11.9 Å².